The quantitative estimate of drug-likeness (QED) is 0.350. The summed E-state index contributed by atoms with van der Waals surface area (Å²) in [5.74, 6) is 1.25. The van der Waals surface area contributed by atoms with Crippen LogP contribution in [0.25, 0.3) is 0 Å². The minimum Gasteiger partial charge on any atom is -0.343 e. The van der Waals surface area contributed by atoms with Gasteiger partial charge in [0.05, 0.1) is 12.7 Å². The summed E-state index contributed by atoms with van der Waals surface area (Å²) in [7, 11) is 0. The van der Waals surface area contributed by atoms with Crippen LogP contribution in [-0.4, -0.2) is 30.0 Å². The maximum absolute atomic E-state index is 5.97. The first-order valence-corrected chi connectivity index (χ1v) is 9.96. The summed E-state index contributed by atoms with van der Waals surface area (Å²) in [6.07, 6.45) is 20.7. The van der Waals surface area contributed by atoms with E-state index in [2.05, 4.69) is 35.9 Å². The number of nitrogens with zero attached hydrogens (tertiary/aromatic N) is 2. The second-order valence-electron chi connectivity index (χ2n) is 6.86. The van der Waals surface area contributed by atoms with E-state index in [4.69, 9.17) is 5.73 Å². The lowest BCUT2D eigenvalue weighted by atomic mass is 10.1. The second-order valence-corrected chi connectivity index (χ2v) is 6.86. The summed E-state index contributed by atoms with van der Waals surface area (Å²) >= 11 is 0. The zero-order valence-corrected chi connectivity index (χ0v) is 15.6. The highest BCUT2D eigenvalue weighted by molar-refractivity contribution is 5.83. The molecule has 3 heteroatoms. The van der Waals surface area contributed by atoms with Crippen molar-refractivity contribution in [3.8, 4) is 0 Å². The van der Waals surface area contributed by atoms with Crippen LogP contribution in [0.5, 0.6) is 0 Å². The van der Waals surface area contributed by atoms with Gasteiger partial charge >= 0.3 is 0 Å². The van der Waals surface area contributed by atoms with Gasteiger partial charge in [0.25, 0.3) is 0 Å². The van der Waals surface area contributed by atoms with Crippen LogP contribution >= 0.6 is 0 Å². The van der Waals surface area contributed by atoms with Crippen LogP contribution in [0.3, 0.4) is 0 Å². The van der Waals surface area contributed by atoms with Crippen molar-refractivity contribution in [1.82, 2.24) is 4.90 Å². The molecule has 0 spiro atoms. The highest BCUT2D eigenvalue weighted by Gasteiger charge is 2.18. The topological polar surface area (TPSA) is 41.6 Å². The molecule has 0 aromatic heterocycles. The molecule has 0 fully saturated rings. The molecule has 0 aliphatic carbocycles. The monoisotopic (exact) mass is 321 g/mol. The van der Waals surface area contributed by atoms with Crippen LogP contribution in [-0.2, 0) is 0 Å². The molecule has 0 saturated carbocycles. The number of nitrogens with two attached hydrogens (primary N) is 1. The first-order chi connectivity index (χ1) is 11.3. The van der Waals surface area contributed by atoms with E-state index >= 15 is 0 Å². The van der Waals surface area contributed by atoms with Crippen LogP contribution in [0, 0.1) is 0 Å². The van der Waals surface area contributed by atoms with Gasteiger partial charge in [0.15, 0.2) is 0 Å². The van der Waals surface area contributed by atoms with E-state index in [1.54, 1.807) is 0 Å². The van der Waals surface area contributed by atoms with Gasteiger partial charge in [0.2, 0.25) is 0 Å². The average molecular weight is 322 g/mol. The third-order valence-corrected chi connectivity index (χ3v) is 4.62. The zero-order valence-electron chi connectivity index (χ0n) is 15.6. The summed E-state index contributed by atoms with van der Waals surface area (Å²) in [6, 6.07) is 0. The van der Waals surface area contributed by atoms with E-state index in [0.717, 1.165) is 19.5 Å². The lowest BCUT2D eigenvalue weighted by molar-refractivity contribution is 0.358. The lowest BCUT2D eigenvalue weighted by Gasteiger charge is -2.24. The van der Waals surface area contributed by atoms with Crippen molar-refractivity contribution < 1.29 is 0 Å². The zero-order chi connectivity index (χ0) is 16.8. The molecule has 23 heavy (non-hydrogen) atoms. The number of hydrogen-bond donors (Lipinski definition) is 1. The first kappa shape index (κ1) is 20.2. The molecule has 0 aromatic rings. The Bertz CT molecular complexity index is 334. The Balaban J connectivity index is 1.86. The predicted octanol–water partition coefficient (Wildman–Crippen LogP) is 5.26. The molecule has 0 saturated heterocycles. The molecule has 1 rings (SSSR count). The van der Waals surface area contributed by atoms with E-state index in [1.165, 1.54) is 76.5 Å². The van der Waals surface area contributed by atoms with E-state index < -0.39 is 0 Å². The van der Waals surface area contributed by atoms with Crippen molar-refractivity contribution in [2.75, 3.05) is 13.1 Å². The number of allylic oxidation sites excluding steroid dienone is 2. The maximum atomic E-state index is 5.97. The Labute approximate surface area is 144 Å². The van der Waals surface area contributed by atoms with Gasteiger partial charge in [0.1, 0.15) is 5.84 Å². The molecule has 1 atom stereocenters. The van der Waals surface area contributed by atoms with Crippen molar-refractivity contribution in [1.29, 1.82) is 0 Å². The maximum Gasteiger partial charge on any atom is 0.100 e. The van der Waals surface area contributed by atoms with Gasteiger partial charge in [-0.05, 0) is 32.6 Å². The van der Waals surface area contributed by atoms with Crippen molar-refractivity contribution in [3.63, 3.8) is 0 Å². The predicted molar refractivity (Wildman–Crippen MR) is 103 cm³/mol. The van der Waals surface area contributed by atoms with E-state index in [1.807, 2.05) is 0 Å². The number of rotatable bonds is 14. The van der Waals surface area contributed by atoms with Crippen LogP contribution < -0.4 is 5.73 Å². The van der Waals surface area contributed by atoms with Crippen LogP contribution in [0.15, 0.2) is 17.1 Å². The van der Waals surface area contributed by atoms with Crippen molar-refractivity contribution in [3.05, 3.63) is 12.2 Å². The first-order valence-electron chi connectivity index (χ1n) is 9.96. The molecule has 1 aliphatic rings. The molecule has 2 N–H and O–H groups in total. The Morgan fingerprint density at radius 2 is 1.61 bits per heavy atom. The van der Waals surface area contributed by atoms with E-state index in [-0.39, 0.29) is 6.17 Å². The number of amidine groups is 1. The third kappa shape index (κ3) is 9.80. The molecule has 0 amide bonds. The molecule has 1 unspecified atom stereocenters. The standard InChI is InChI=1S/C20H39N3/c1-3-4-5-6-7-8-9-10-11-12-13-14-15-16-20-22-17-18-23(20)19(2)21/h6-7,19H,3-5,8-18,21H2,1-2H3/b7-6+. The highest BCUT2D eigenvalue weighted by atomic mass is 15.3. The highest BCUT2D eigenvalue weighted by Crippen LogP contribution is 2.14. The Morgan fingerprint density at radius 1 is 1.00 bits per heavy atom. The van der Waals surface area contributed by atoms with Crippen molar-refractivity contribution >= 4 is 5.84 Å². The molecular formula is C20H39N3. The third-order valence-electron chi connectivity index (χ3n) is 4.62. The largest absolute Gasteiger partial charge is 0.343 e. The van der Waals surface area contributed by atoms with Gasteiger partial charge in [-0.25, -0.2) is 0 Å². The SMILES string of the molecule is CCCC/C=C/CCCCCCCCCC1=NCCN1C(C)N. The summed E-state index contributed by atoms with van der Waals surface area (Å²) in [6.45, 7) is 6.26. The summed E-state index contributed by atoms with van der Waals surface area (Å²) < 4.78 is 0. The summed E-state index contributed by atoms with van der Waals surface area (Å²) in [4.78, 5) is 6.85. The number of aliphatic imine (C=N–C) groups is 1. The molecule has 3 nitrogen and oxygen atoms in total. The second kappa shape index (κ2) is 13.6. The van der Waals surface area contributed by atoms with E-state index in [9.17, 15) is 0 Å². The molecule has 0 bridgehead atoms. The molecular weight excluding hydrogens is 282 g/mol. The summed E-state index contributed by atoms with van der Waals surface area (Å²) in [5, 5.41) is 0. The van der Waals surface area contributed by atoms with Crippen LogP contribution in [0.2, 0.25) is 0 Å². The van der Waals surface area contributed by atoms with Gasteiger partial charge in [-0.15, -0.1) is 0 Å². The Kier molecular flexibility index (Phi) is 11.9. The minimum atomic E-state index is 0.118. The van der Waals surface area contributed by atoms with Crippen LogP contribution in [0.1, 0.15) is 90.9 Å². The Hall–Kier alpha value is -0.830. The van der Waals surface area contributed by atoms with Crippen LogP contribution in [0.4, 0.5) is 0 Å². The number of unbranched alkanes of at least 4 members (excludes halogenated alkanes) is 9. The van der Waals surface area contributed by atoms with Gasteiger partial charge < -0.3 is 10.6 Å². The molecule has 1 aliphatic heterocycles. The van der Waals surface area contributed by atoms with Crippen molar-refractivity contribution in [2.45, 2.75) is 97.1 Å². The molecule has 0 aromatic carbocycles. The molecule has 1 heterocycles. The summed E-state index contributed by atoms with van der Waals surface area (Å²) in [5.41, 5.74) is 5.97. The number of hydrogen-bond acceptors (Lipinski definition) is 3. The average Bonchev–Trinajstić information content (AvgIpc) is 3.00. The van der Waals surface area contributed by atoms with Gasteiger partial charge in [-0.2, -0.15) is 0 Å². The Morgan fingerprint density at radius 3 is 2.26 bits per heavy atom. The fourth-order valence-corrected chi connectivity index (χ4v) is 3.15. The lowest BCUT2D eigenvalue weighted by Crippen LogP contribution is -2.41. The normalized spacial score (nSPS) is 16.3. The van der Waals surface area contributed by atoms with E-state index in [0.29, 0.717) is 0 Å². The minimum absolute atomic E-state index is 0.118. The smallest absolute Gasteiger partial charge is 0.100 e. The fourth-order valence-electron chi connectivity index (χ4n) is 3.15. The van der Waals surface area contributed by atoms with Gasteiger partial charge in [-0.1, -0.05) is 64.0 Å². The van der Waals surface area contributed by atoms with Crippen molar-refractivity contribution in [2.24, 2.45) is 10.7 Å². The fraction of sp³-hybridized carbons (Fsp3) is 0.850. The van der Waals surface area contributed by atoms with Gasteiger partial charge in [-0.3, -0.25) is 4.99 Å². The molecule has 134 valence electrons. The van der Waals surface area contributed by atoms with Gasteiger partial charge in [0, 0.05) is 13.0 Å². The molecule has 0 radical (unpaired) electrons.